The quantitative estimate of drug-likeness (QED) is 0.877. The molecule has 1 heterocycles. The maximum absolute atomic E-state index is 5.60. The topological polar surface area (TPSA) is 43.8 Å². The lowest BCUT2D eigenvalue weighted by molar-refractivity contribution is 0.640. The number of nitrogens with zero attached hydrogens (tertiary/aromatic N) is 2. The van der Waals surface area contributed by atoms with Crippen molar-refractivity contribution in [1.29, 1.82) is 0 Å². The summed E-state index contributed by atoms with van der Waals surface area (Å²) in [6.07, 6.45) is 5.03. The van der Waals surface area contributed by atoms with Crippen LogP contribution in [0.1, 0.15) is 43.0 Å². The lowest BCUT2D eigenvalue weighted by Crippen LogP contribution is -2.06. The van der Waals surface area contributed by atoms with E-state index in [4.69, 9.17) is 5.73 Å². The zero-order chi connectivity index (χ0) is 13.0. The predicted octanol–water partition coefficient (Wildman–Crippen LogP) is 2.90. The van der Waals surface area contributed by atoms with Crippen LogP contribution in [0.15, 0.2) is 36.8 Å². The van der Waals surface area contributed by atoms with Crippen molar-refractivity contribution in [2.75, 3.05) is 0 Å². The van der Waals surface area contributed by atoms with Gasteiger partial charge in [0, 0.05) is 25.0 Å². The maximum atomic E-state index is 5.60. The first-order valence-corrected chi connectivity index (χ1v) is 6.52. The molecule has 1 unspecified atom stereocenters. The van der Waals surface area contributed by atoms with E-state index in [2.05, 4.69) is 47.7 Å². The van der Waals surface area contributed by atoms with Gasteiger partial charge in [0.25, 0.3) is 0 Å². The van der Waals surface area contributed by atoms with Gasteiger partial charge >= 0.3 is 0 Å². The molecule has 0 bridgehead atoms. The van der Waals surface area contributed by atoms with E-state index < -0.39 is 0 Å². The van der Waals surface area contributed by atoms with Crippen molar-refractivity contribution in [2.24, 2.45) is 5.73 Å². The minimum Gasteiger partial charge on any atom is -0.330 e. The van der Waals surface area contributed by atoms with Crippen LogP contribution in [0.5, 0.6) is 0 Å². The summed E-state index contributed by atoms with van der Waals surface area (Å²) < 4.78 is 2.23. The SMILES string of the molecule is CCC(C)c1cncn1Cc1ccc(CN)cc1. The summed E-state index contributed by atoms with van der Waals surface area (Å²) in [6, 6.07) is 8.47. The summed E-state index contributed by atoms with van der Waals surface area (Å²) in [6.45, 7) is 5.93. The van der Waals surface area contributed by atoms with Crippen molar-refractivity contribution < 1.29 is 0 Å². The Morgan fingerprint density at radius 3 is 2.50 bits per heavy atom. The van der Waals surface area contributed by atoms with Crippen LogP contribution in [-0.2, 0) is 13.1 Å². The highest BCUT2D eigenvalue weighted by Gasteiger charge is 2.09. The van der Waals surface area contributed by atoms with Gasteiger partial charge in [0.05, 0.1) is 6.33 Å². The molecule has 2 aromatic rings. The van der Waals surface area contributed by atoms with Crippen LogP contribution in [0.4, 0.5) is 0 Å². The summed E-state index contributed by atoms with van der Waals surface area (Å²) in [5.41, 5.74) is 9.37. The van der Waals surface area contributed by atoms with E-state index in [0.29, 0.717) is 12.5 Å². The van der Waals surface area contributed by atoms with E-state index in [9.17, 15) is 0 Å². The molecule has 96 valence electrons. The molecular weight excluding hydrogens is 222 g/mol. The largest absolute Gasteiger partial charge is 0.330 e. The number of hydrogen-bond donors (Lipinski definition) is 1. The van der Waals surface area contributed by atoms with Gasteiger partial charge in [0.1, 0.15) is 0 Å². The molecular formula is C15H21N3. The fourth-order valence-corrected chi connectivity index (χ4v) is 2.06. The van der Waals surface area contributed by atoms with Gasteiger partial charge in [-0.25, -0.2) is 4.98 Å². The zero-order valence-corrected chi connectivity index (χ0v) is 11.1. The number of nitrogens with two attached hydrogens (primary N) is 1. The van der Waals surface area contributed by atoms with E-state index in [-0.39, 0.29) is 0 Å². The minimum atomic E-state index is 0.552. The summed E-state index contributed by atoms with van der Waals surface area (Å²) in [5, 5.41) is 0. The fraction of sp³-hybridized carbons (Fsp3) is 0.400. The molecule has 1 aromatic carbocycles. The highest BCUT2D eigenvalue weighted by Crippen LogP contribution is 2.19. The molecule has 2 rings (SSSR count). The van der Waals surface area contributed by atoms with Crippen LogP contribution in [0.3, 0.4) is 0 Å². The Labute approximate surface area is 109 Å². The second kappa shape index (κ2) is 5.83. The van der Waals surface area contributed by atoms with Crippen LogP contribution < -0.4 is 5.73 Å². The monoisotopic (exact) mass is 243 g/mol. The van der Waals surface area contributed by atoms with Gasteiger partial charge in [-0.1, -0.05) is 38.1 Å². The molecule has 2 N–H and O–H groups in total. The number of aromatic nitrogens is 2. The summed E-state index contributed by atoms with van der Waals surface area (Å²) in [5.74, 6) is 0.552. The van der Waals surface area contributed by atoms with Gasteiger partial charge < -0.3 is 10.3 Å². The van der Waals surface area contributed by atoms with Crippen molar-refractivity contribution in [3.8, 4) is 0 Å². The van der Waals surface area contributed by atoms with Gasteiger partial charge in [0.15, 0.2) is 0 Å². The van der Waals surface area contributed by atoms with Gasteiger partial charge in [0.2, 0.25) is 0 Å². The van der Waals surface area contributed by atoms with Crippen molar-refractivity contribution in [2.45, 2.75) is 39.3 Å². The molecule has 0 aliphatic rings. The third-order valence-corrected chi connectivity index (χ3v) is 3.47. The average molecular weight is 243 g/mol. The Hall–Kier alpha value is -1.61. The molecule has 0 aliphatic heterocycles. The molecule has 0 fully saturated rings. The van der Waals surface area contributed by atoms with Crippen LogP contribution in [0.2, 0.25) is 0 Å². The molecule has 1 atom stereocenters. The second-order valence-electron chi connectivity index (χ2n) is 4.78. The zero-order valence-electron chi connectivity index (χ0n) is 11.1. The highest BCUT2D eigenvalue weighted by atomic mass is 15.0. The maximum Gasteiger partial charge on any atom is 0.0951 e. The Bertz CT molecular complexity index is 485. The Balaban J connectivity index is 2.15. The molecule has 0 amide bonds. The van der Waals surface area contributed by atoms with Crippen molar-refractivity contribution >= 4 is 0 Å². The summed E-state index contributed by atoms with van der Waals surface area (Å²) in [7, 11) is 0. The Morgan fingerprint density at radius 1 is 1.22 bits per heavy atom. The molecule has 0 aliphatic carbocycles. The van der Waals surface area contributed by atoms with Gasteiger partial charge in [-0.05, 0) is 23.5 Å². The number of rotatable bonds is 5. The number of imidazole rings is 1. The lowest BCUT2D eigenvalue weighted by atomic mass is 10.1. The Kier molecular flexibility index (Phi) is 4.15. The first-order chi connectivity index (χ1) is 8.74. The normalized spacial score (nSPS) is 12.6. The van der Waals surface area contributed by atoms with Gasteiger partial charge in [-0.3, -0.25) is 0 Å². The summed E-state index contributed by atoms with van der Waals surface area (Å²) >= 11 is 0. The molecule has 1 aromatic heterocycles. The molecule has 3 nitrogen and oxygen atoms in total. The number of benzene rings is 1. The van der Waals surface area contributed by atoms with Gasteiger partial charge in [-0.15, -0.1) is 0 Å². The molecule has 0 saturated heterocycles. The van der Waals surface area contributed by atoms with Crippen LogP contribution >= 0.6 is 0 Å². The average Bonchev–Trinajstić information content (AvgIpc) is 2.87. The number of hydrogen-bond acceptors (Lipinski definition) is 2. The predicted molar refractivity (Wildman–Crippen MR) is 74.4 cm³/mol. The third kappa shape index (κ3) is 2.79. The van der Waals surface area contributed by atoms with Crippen molar-refractivity contribution in [3.63, 3.8) is 0 Å². The molecule has 18 heavy (non-hydrogen) atoms. The second-order valence-corrected chi connectivity index (χ2v) is 4.78. The summed E-state index contributed by atoms with van der Waals surface area (Å²) in [4.78, 5) is 4.26. The van der Waals surface area contributed by atoms with Crippen LogP contribution in [0.25, 0.3) is 0 Å². The molecule has 0 spiro atoms. The minimum absolute atomic E-state index is 0.552. The first kappa shape index (κ1) is 12.8. The van der Waals surface area contributed by atoms with Gasteiger partial charge in [-0.2, -0.15) is 0 Å². The van der Waals surface area contributed by atoms with E-state index in [1.54, 1.807) is 0 Å². The van der Waals surface area contributed by atoms with E-state index in [0.717, 1.165) is 13.0 Å². The smallest absolute Gasteiger partial charge is 0.0951 e. The van der Waals surface area contributed by atoms with E-state index >= 15 is 0 Å². The molecule has 0 saturated carbocycles. The lowest BCUT2D eigenvalue weighted by Gasteiger charge is -2.13. The van der Waals surface area contributed by atoms with Crippen LogP contribution in [0, 0.1) is 0 Å². The highest BCUT2D eigenvalue weighted by molar-refractivity contribution is 5.23. The first-order valence-electron chi connectivity index (χ1n) is 6.52. The van der Waals surface area contributed by atoms with E-state index in [1.807, 2.05) is 12.5 Å². The molecule has 0 radical (unpaired) electrons. The third-order valence-electron chi connectivity index (χ3n) is 3.47. The van der Waals surface area contributed by atoms with Crippen molar-refractivity contribution in [3.05, 3.63) is 53.6 Å². The molecule has 3 heteroatoms. The standard InChI is InChI=1S/C15H21N3/c1-3-12(2)15-9-17-11-18(15)10-14-6-4-13(8-16)5-7-14/h4-7,9,11-12H,3,8,10,16H2,1-2H3. The van der Waals surface area contributed by atoms with E-state index in [1.165, 1.54) is 16.8 Å². The Morgan fingerprint density at radius 2 is 1.89 bits per heavy atom. The van der Waals surface area contributed by atoms with Crippen LogP contribution in [-0.4, -0.2) is 9.55 Å². The van der Waals surface area contributed by atoms with Crippen molar-refractivity contribution in [1.82, 2.24) is 9.55 Å². The fourth-order valence-electron chi connectivity index (χ4n) is 2.06.